The van der Waals surface area contributed by atoms with Gasteiger partial charge in [0.15, 0.2) is 0 Å². The zero-order chi connectivity index (χ0) is 10.1. The highest BCUT2D eigenvalue weighted by Crippen LogP contribution is 2.34. The number of rotatable bonds is 1. The fraction of sp³-hybridized carbons (Fsp3) is 0.545. The molecule has 2 heteroatoms. The zero-order valence-corrected chi connectivity index (χ0v) is 8.63. The van der Waals surface area contributed by atoms with Crippen molar-refractivity contribution in [3.05, 3.63) is 29.8 Å². The monoisotopic (exact) mass is 181 g/mol. The smallest absolute Gasteiger partial charge is 0.216 e. The van der Waals surface area contributed by atoms with Gasteiger partial charge in [0, 0.05) is 11.8 Å². The predicted octanol–water partition coefficient (Wildman–Crippen LogP) is 3.37. The Labute approximate surface area is 79.0 Å². The largest absolute Gasteiger partial charge is 0.228 e. The summed E-state index contributed by atoms with van der Waals surface area (Å²) in [5, 5.41) is 0. The molecule has 0 aliphatic rings. The molecule has 1 atom stereocenters. The summed E-state index contributed by atoms with van der Waals surface area (Å²) >= 11 is 0. The lowest BCUT2D eigenvalue weighted by Gasteiger charge is -2.27. The Kier molecular flexibility index (Phi) is 2.69. The highest BCUT2D eigenvalue weighted by atomic mass is 19.1. The number of hydrogen-bond donors (Lipinski definition) is 0. The lowest BCUT2D eigenvalue weighted by molar-refractivity contribution is 0.329. The van der Waals surface area contributed by atoms with Gasteiger partial charge in [0.05, 0.1) is 0 Å². The topological polar surface area (TPSA) is 12.9 Å². The third-order valence-electron chi connectivity index (χ3n) is 2.55. The SMILES string of the molecule is CC(c1cccnc1F)C(C)(C)C. The van der Waals surface area contributed by atoms with Gasteiger partial charge in [-0.15, -0.1) is 0 Å². The van der Waals surface area contributed by atoms with Crippen molar-refractivity contribution in [3.63, 3.8) is 0 Å². The van der Waals surface area contributed by atoms with Gasteiger partial charge in [-0.1, -0.05) is 33.8 Å². The summed E-state index contributed by atoms with van der Waals surface area (Å²) < 4.78 is 13.3. The van der Waals surface area contributed by atoms with Crippen LogP contribution in [-0.4, -0.2) is 4.98 Å². The van der Waals surface area contributed by atoms with E-state index in [2.05, 4.69) is 25.8 Å². The predicted molar refractivity (Wildman–Crippen MR) is 52.1 cm³/mol. The normalized spacial score (nSPS) is 14.2. The van der Waals surface area contributed by atoms with Gasteiger partial charge in [-0.05, 0) is 17.4 Å². The van der Waals surface area contributed by atoms with Crippen LogP contribution in [0.25, 0.3) is 0 Å². The summed E-state index contributed by atoms with van der Waals surface area (Å²) in [4.78, 5) is 3.65. The van der Waals surface area contributed by atoms with Gasteiger partial charge in [0.2, 0.25) is 5.95 Å². The van der Waals surface area contributed by atoms with Crippen LogP contribution < -0.4 is 0 Å². The summed E-state index contributed by atoms with van der Waals surface area (Å²) in [7, 11) is 0. The molecule has 1 nitrogen and oxygen atoms in total. The first-order valence-electron chi connectivity index (χ1n) is 4.53. The quantitative estimate of drug-likeness (QED) is 0.605. The van der Waals surface area contributed by atoms with Crippen LogP contribution in [0.4, 0.5) is 4.39 Å². The molecule has 0 bridgehead atoms. The molecule has 0 spiro atoms. The third-order valence-corrected chi connectivity index (χ3v) is 2.55. The van der Waals surface area contributed by atoms with Crippen molar-refractivity contribution in [3.8, 4) is 0 Å². The number of halogens is 1. The van der Waals surface area contributed by atoms with E-state index < -0.39 is 0 Å². The first kappa shape index (κ1) is 10.2. The van der Waals surface area contributed by atoms with Crippen LogP contribution in [0.5, 0.6) is 0 Å². The molecule has 72 valence electrons. The Hall–Kier alpha value is -0.920. The molecule has 0 saturated heterocycles. The van der Waals surface area contributed by atoms with Crippen molar-refractivity contribution in [2.75, 3.05) is 0 Å². The molecule has 1 unspecified atom stereocenters. The van der Waals surface area contributed by atoms with Crippen molar-refractivity contribution >= 4 is 0 Å². The molecule has 1 aromatic heterocycles. The van der Waals surface area contributed by atoms with E-state index in [0.29, 0.717) is 5.56 Å². The Morgan fingerprint density at radius 1 is 1.38 bits per heavy atom. The van der Waals surface area contributed by atoms with Gasteiger partial charge in [-0.2, -0.15) is 4.39 Å². The van der Waals surface area contributed by atoms with E-state index in [1.807, 2.05) is 6.92 Å². The van der Waals surface area contributed by atoms with Gasteiger partial charge < -0.3 is 0 Å². The first-order chi connectivity index (χ1) is 5.93. The minimum Gasteiger partial charge on any atom is -0.228 e. The molecule has 13 heavy (non-hydrogen) atoms. The van der Waals surface area contributed by atoms with Crippen LogP contribution in [0.1, 0.15) is 39.2 Å². The van der Waals surface area contributed by atoms with Gasteiger partial charge in [0.25, 0.3) is 0 Å². The summed E-state index contributed by atoms with van der Waals surface area (Å²) in [6.07, 6.45) is 1.48. The summed E-state index contributed by atoms with van der Waals surface area (Å²) in [5.74, 6) is -0.161. The van der Waals surface area contributed by atoms with Gasteiger partial charge in [-0.3, -0.25) is 0 Å². The van der Waals surface area contributed by atoms with Crippen LogP contribution in [0.15, 0.2) is 18.3 Å². The van der Waals surface area contributed by atoms with E-state index in [1.165, 1.54) is 6.20 Å². The first-order valence-corrected chi connectivity index (χ1v) is 4.53. The zero-order valence-electron chi connectivity index (χ0n) is 8.63. The Morgan fingerprint density at radius 2 is 2.00 bits per heavy atom. The molecule has 1 aromatic rings. The van der Waals surface area contributed by atoms with Gasteiger partial charge in [-0.25, -0.2) is 4.98 Å². The molecular formula is C11H16FN. The summed E-state index contributed by atoms with van der Waals surface area (Å²) in [6.45, 7) is 8.33. The molecule has 0 N–H and O–H groups in total. The van der Waals surface area contributed by atoms with Crippen LogP contribution in [-0.2, 0) is 0 Å². The standard InChI is InChI=1S/C11H16FN/c1-8(11(2,3)4)9-6-5-7-13-10(9)12/h5-8H,1-4H3. The molecule has 1 heterocycles. The summed E-state index contributed by atoms with van der Waals surface area (Å²) in [6, 6.07) is 3.58. The number of hydrogen-bond acceptors (Lipinski definition) is 1. The lowest BCUT2D eigenvalue weighted by atomic mass is 9.78. The lowest BCUT2D eigenvalue weighted by Crippen LogP contribution is -2.16. The van der Waals surface area contributed by atoms with E-state index in [9.17, 15) is 4.39 Å². The molecule has 0 fully saturated rings. The third kappa shape index (κ3) is 2.27. The van der Waals surface area contributed by atoms with E-state index in [0.717, 1.165) is 0 Å². The van der Waals surface area contributed by atoms with E-state index in [4.69, 9.17) is 0 Å². The Bertz CT molecular complexity index is 288. The maximum absolute atomic E-state index is 13.3. The van der Waals surface area contributed by atoms with Crippen LogP contribution >= 0.6 is 0 Å². The molecule has 0 saturated carbocycles. The second-order valence-corrected chi connectivity index (χ2v) is 4.47. The maximum Gasteiger partial charge on any atom is 0.216 e. The highest BCUT2D eigenvalue weighted by molar-refractivity contribution is 5.17. The van der Waals surface area contributed by atoms with Crippen molar-refractivity contribution in [2.45, 2.75) is 33.6 Å². The number of nitrogens with zero attached hydrogens (tertiary/aromatic N) is 1. The van der Waals surface area contributed by atoms with Gasteiger partial charge in [0.1, 0.15) is 0 Å². The van der Waals surface area contributed by atoms with Gasteiger partial charge >= 0.3 is 0 Å². The second kappa shape index (κ2) is 3.44. The van der Waals surface area contributed by atoms with Crippen molar-refractivity contribution in [2.24, 2.45) is 5.41 Å². The molecule has 0 radical (unpaired) electrons. The average molecular weight is 181 g/mol. The van der Waals surface area contributed by atoms with Crippen LogP contribution in [0, 0.1) is 11.4 Å². The Balaban J connectivity index is 3.02. The molecule has 0 aromatic carbocycles. The van der Waals surface area contributed by atoms with E-state index in [-0.39, 0.29) is 17.3 Å². The van der Waals surface area contributed by atoms with Crippen molar-refractivity contribution < 1.29 is 4.39 Å². The van der Waals surface area contributed by atoms with E-state index >= 15 is 0 Å². The second-order valence-electron chi connectivity index (χ2n) is 4.47. The minimum absolute atomic E-state index is 0.0733. The van der Waals surface area contributed by atoms with Crippen LogP contribution in [0.2, 0.25) is 0 Å². The highest BCUT2D eigenvalue weighted by Gasteiger charge is 2.24. The molecular weight excluding hydrogens is 165 g/mol. The molecule has 0 amide bonds. The maximum atomic E-state index is 13.3. The molecule has 0 aliphatic heterocycles. The fourth-order valence-electron chi connectivity index (χ4n) is 1.19. The van der Waals surface area contributed by atoms with Crippen molar-refractivity contribution in [1.82, 2.24) is 4.98 Å². The fourth-order valence-corrected chi connectivity index (χ4v) is 1.19. The molecule has 1 rings (SSSR count). The minimum atomic E-state index is -0.343. The summed E-state index contributed by atoms with van der Waals surface area (Å²) in [5.41, 5.74) is 0.777. The van der Waals surface area contributed by atoms with Crippen molar-refractivity contribution in [1.29, 1.82) is 0 Å². The van der Waals surface area contributed by atoms with Crippen LogP contribution in [0.3, 0.4) is 0 Å². The van der Waals surface area contributed by atoms with E-state index in [1.54, 1.807) is 12.1 Å². The average Bonchev–Trinajstić information content (AvgIpc) is 2.02. The Morgan fingerprint density at radius 3 is 2.46 bits per heavy atom. The number of pyridine rings is 1. The number of aromatic nitrogens is 1. The molecule has 0 aliphatic carbocycles.